The minimum Gasteiger partial charge on any atom is -0.367 e. The highest BCUT2D eigenvalue weighted by Crippen LogP contribution is 2.28. The van der Waals surface area contributed by atoms with Crippen LogP contribution >= 0.6 is 0 Å². The molecule has 2 rings (SSSR count). The molecule has 5 nitrogen and oxygen atoms in total. The lowest BCUT2D eigenvalue weighted by Gasteiger charge is -2.46. The number of aromatic nitrogens is 1. The first-order chi connectivity index (χ1) is 8.30. The molecular formula is C13H23N3O2. The number of hydrogen-bond acceptors (Lipinski definition) is 5. The first-order valence-corrected chi connectivity index (χ1v) is 6.37. The molecule has 0 spiro atoms. The summed E-state index contributed by atoms with van der Waals surface area (Å²) in [5.74, 6) is 0.865. The SMILES string of the molecule is CC1(C)CN(Cc2cc(CN)no2)CC(C)(C)O1. The van der Waals surface area contributed by atoms with Crippen LogP contribution in [0.5, 0.6) is 0 Å². The van der Waals surface area contributed by atoms with Crippen molar-refractivity contribution in [3.05, 3.63) is 17.5 Å². The van der Waals surface area contributed by atoms with Crippen LogP contribution in [0.15, 0.2) is 10.6 Å². The van der Waals surface area contributed by atoms with E-state index >= 15 is 0 Å². The summed E-state index contributed by atoms with van der Waals surface area (Å²) in [6.07, 6.45) is 0. The Morgan fingerprint density at radius 3 is 2.39 bits per heavy atom. The number of morpholine rings is 1. The van der Waals surface area contributed by atoms with E-state index in [-0.39, 0.29) is 11.2 Å². The Bertz CT molecular complexity index is 396. The van der Waals surface area contributed by atoms with Gasteiger partial charge in [-0.3, -0.25) is 4.90 Å². The second-order valence-electron chi connectivity index (χ2n) is 6.26. The first kappa shape index (κ1) is 13.5. The maximum atomic E-state index is 6.05. The highest BCUT2D eigenvalue weighted by Gasteiger charge is 2.38. The molecule has 1 fully saturated rings. The van der Waals surface area contributed by atoms with Gasteiger partial charge in [-0.1, -0.05) is 5.16 Å². The largest absolute Gasteiger partial charge is 0.367 e. The van der Waals surface area contributed by atoms with Gasteiger partial charge in [0.1, 0.15) is 0 Å². The van der Waals surface area contributed by atoms with E-state index in [9.17, 15) is 0 Å². The Morgan fingerprint density at radius 1 is 1.28 bits per heavy atom. The van der Waals surface area contributed by atoms with E-state index in [2.05, 4.69) is 37.8 Å². The van der Waals surface area contributed by atoms with Crippen LogP contribution in [0, 0.1) is 0 Å². The van der Waals surface area contributed by atoms with Gasteiger partial charge in [-0.2, -0.15) is 0 Å². The van der Waals surface area contributed by atoms with Crippen molar-refractivity contribution >= 4 is 0 Å². The summed E-state index contributed by atoms with van der Waals surface area (Å²) in [4.78, 5) is 2.34. The molecule has 5 heteroatoms. The summed E-state index contributed by atoms with van der Waals surface area (Å²) in [7, 11) is 0. The smallest absolute Gasteiger partial charge is 0.151 e. The molecule has 1 saturated heterocycles. The van der Waals surface area contributed by atoms with Gasteiger partial charge in [-0.15, -0.1) is 0 Å². The molecule has 0 radical (unpaired) electrons. The zero-order chi connectivity index (χ0) is 13.4. The Kier molecular flexibility index (Phi) is 3.49. The monoisotopic (exact) mass is 253 g/mol. The molecule has 1 aliphatic heterocycles. The van der Waals surface area contributed by atoms with Gasteiger partial charge >= 0.3 is 0 Å². The van der Waals surface area contributed by atoms with E-state index in [0.717, 1.165) is 31.1 Å². The molecular weight excluding hydrogens is 230 g/mol. The van der Waals surface area contributed by atoms with Crippen molar-refractivity contribution in [3.8, 4) is 0 Å². The van der Waals surface area contributed by atoms with Crippen molar-refractivity contribution < 1.29 is 9.26 Å². The van der Waals surface area contributed by atoms with Gasteiger partial charge in [0, 0.05) is 25.7 Å². The van der Waals surface area contributed by atoms with E-state index < -0.39 is 0 Å². The first-order valence-electron chi connectivity index (χ1n) is 6.37. The van der Waals surface area contributed by atoms with Crippen molar-refractivity contribution in [2.45, 2.75) is 52.0 Å². The zero-order valence-electron chi connectivity index (χ0n) is 11.7. The van der Waals surface area contributed by atoms with Crippen molar-refractivity contribution in [2.24, 2.45) is 5.73 Å². The molecule has 1 aromatic heterocycles. The number of nitrogens with zero attached hydrogens (tertiary/aromatic N) is 2. The number of ether oxygens (including phenoxy) is 1. The third kappa shape index (κ3) is 3.31. The minimum absolute atomic E-state index is 0.140. The van der Waals surface area contributed by atoms with E-state index in [1.54, 1.807) is 0 Å². The molecule has 0 amide bonds. The summed E-state index contributed by atoms with van der Waals surface area (Å²) >= 11 is 0. The lowest BCUT2D eigenvalue weighted by molar-refractivity contribution is -0.182. The molecule has 0 bridgehead atoms. The topological polar surface area (TPSA) is 64.5 Å². The average molecular weight is 253 g/mol. The molecule has 0 aliphatic carbocycles. The average Bonchev–Trinajstić information content (AvgIpc) is 2.60. The van der Waals surface area contributed by atoms with Crippen LogP contribution < -0.4 is 5.73 Å². The Labute approximate surface area is 108 Å². The predicted octanol–water partition coefficient (Wildman–Crippen LogP) is 1.52. The third-order valence-corrected chi connectivity index (χ3v) is 2.96. The van der Waals surface area contributed by atoms with Crippen LogP contribution in [0.1, 0.15) is 39.1 Å². The highest BCUT2D eigenvalue weighted by molar-refractivity contribution is 5.05. The molecule has 18 heavy (non-hydrogen) atoms. The predicted molar refractivity (Wildman–Crippen MR) is 68.9 cm³/mol. The molecule has 0 saturated carbocycles. The summed E-state index contributed by atoms with van der Waals surface area (Å²) in [6, 6.07) is 1.93. The lowest BCUT2D eigenvalue weighted by atomic mass is 9.99. The fraction of sp³-hybridized carbons (Fsp3) is 0.769. The molecule has 102 valence electrons. The second kappa shape index (κ2) is 4.64. The third-order valence-electron chi connectivity index (χ3n) is 2.96. The standard InChI is InChI=1S/C13H23N3O2/c1-12(2)8-16(9-13(3,4)18-12)7-11-5-10(6-14)15-17-11/h5H,6-9,14H2,1-4H3. The van der Waals surface area contributed by atoms with Gasteiger partial charge in [0.25, 0.3) is 0 Å². The molecule has 1 aliphatic rings. The molecule has 0 atom stereocenters. The molecule has 2 heterocycles. The fourth-order valence-electron chi connectivity index (χ4n) is 2.80. The van der Waals surface area contributed by atoms with Crippen LogP contribution in [0.4, 0.5) is 0 Å². The quantitative estimate of drug-likeness (QED) is 0.885. The maximum absolute atomic E-state index is 6.05. The van der Waals surface area contributed by atoms with Gasteiger partial charge in [-0.05, 0) is 27.7 Å². The number of hydrogen-bond donors (Lipinski definition) is 1. The molecule has 1 aromatic rings. The molecule has 0 aromatic carbocycles. The second-order valence-corrected chi connectivity index (χ2v) is 6.26. The van der Waals surface area contributed by atoms with Crippen molar-refractivity contribution in [2.75, 3.05) is 13.1 Å². The molecule has 2 N–H and O–H groups in total. The van der Waals surface area contributed by atoms with Crippen molar-refractivity contribution in [1.82, 2.24) is 10.1 Å². The minimum atomic E-state index is -0.140. The number of nitrogens with two attached hydrogens (primary N) is 1. The van der Waals surface area contributed by atoms with Crippen LogP contribution in [-0.4, -0.2) is 34.3 Å². The zero-order valence-corrected chi connectivity index (χ0v) is 11.7. The van der Waals surface area contributed by atoms with E-state index in [1.165, 1.54) is 0 Å². The fourth-order valence-corrected chi connectivity index (χ4v) is 2.80. The van der Waals surface area contributed by atoms with Crippen molar-refractivity contribution in [1.29, 1.82) is 0 Å². The van der Waals surface area contributed by atoms with Gasteiger partial charge in [-0.25, -0.2) is 0 Å². The normalized spacial score (nSPS) is 23.2. The van der Waals surface area contributed by atoms with Gasteiger partial charge in [0.05, 0.1) is 23.4 Å². The van der Waals surface area contributed by atoms with Crippen LogP contribution in [0.25, 0.3) is 0 Å². The highest BCUT2D eigenvalue weighted by atomic mass is 16.5. The van der Waals surface area contributed by atoms with Crippen LogP contribution in [0.2, 0.25) is 0 Å². The summed E-state index contributed by atoms with van der Waals surface area (Å²) < 4.78 is 11.3. The van der Waals surface area contributed by atoms with Crippen LogP contribution in [-0.2, 0) is 17.8 Å². The lowest BCUT2D eigenvalue weighted by Crippen LogP contribution is -2.56. The van der Waals surface area contributed by atoms with E-state index in [4.69, 9.17) is 15.0 Å². The van der Waals surface area contributed by atoms with Crippen molar-refractivity contribution in [3.63, 3.8) is 0 Å². The Balaban J connectivity index is 2.04. The Morgan fingerprint density at radius 2 is 1.89 bits per heavy atom. The van der Waals surface area contributed by atoms with E-state index in [0.29, 0.717) is 6.54 Å². The van der Waals surface area contributed by atoms with Gasteiger partial charge in [0.2, 0.25) is 0 Å². The Hall–Kier alpha value is -0.910. The van der Waals surface area contributed by atoms with Gasteiger partial charge < -0.3 is 15.0 Å². The summed E-state index contributed by atoms with van der Waals surface area (Å²) in [5.41, 5.74) is 6.05. The van der Waals surface area contributed by atoms with Gasteiger partial charge in [0.15, 0.2) is 5.76 Å². The molecule has 0 unspecified atom stereocenters. The number of rotatable bonds is 3. The van der Waals surface area contributed by atoms with E-state index in [1.807, 2.05) is 6.07 Å². The summed E-state index contributed by atoms with van der Waals surface area (Å²) in [5, 5.41) is 3.91. The van der Waals surface area contributed by atoms with Crippen LogP contribution in [0.3, 0.4) is 0 Å². The maximum Gasteiger partial charge on any atom is 0.151 e. The summed E-state index contributed by atoms with van der Waals surface area (Å²) in [6.45, 7) is 11.4.